The van der Waals surface area contributed by atoms with Crippen molar-refractivity contribution in [3.05, 3.63) is 66.0 Å². The normalized spacial score (nSPS) is 21.3. The van der Waals surface area contributed by atoms with Crippen LogP contribution < -0.4 is 15.8 Å². The van der Waals surface area contributed by atoms with Crippen LogP contribution in [-0.4, -0.2) is 68.9 Å². The van der Waals surface area contributed by atoms with Crippen molar-refractivity contribution >= 4 is 17.7 Å². The number of benzene rings is 2. The van der Waals surface area contributed by atoms with Crippen LogP contribution in [0.4, 0.5) is 10.5 Å². The first kappa shape index (κ1) is 27.5. The summed E-state index contributed by atoms with van der Waals surface area (Å²) in [5.41, 5.74) is 7.83. The highest BCUT2D eigenvalue weighted by atomic mass is 16.6. The Morgan fingerprint density at radius 3 is 2.30 bits per heavy atom. The van der Waals surface area contributed by atoms with E-state index in [0.29, 0.717) is 42.5 Å². The summed E-state index contributed by atoms with van der Waals surface area (Å²) < 4.78 is 13.2. The standard InChI is InChI=1S/C30H38N6O4/c1-19-18-35(29(38)40-30(3,4)5)20(2)17-34(19)24-15-16-32-26-25(24)33-36(27(26)28(31)37)21-11-13-23(14-12-21)39-22-9-7-6-8-10-22/h6-14,19-20,24,32H,15-18H2,1-5H3,(H2,31,37)/t19-,20+,24?/m1/s1. The first-order chi connectivity index (χ1) is 19.0. The van der Waals surface area contributed by atoms with Gasteiger partial charge in [-0.1, -0.05) is 18.2 Å². The molecule has 0 bridgehead atoms. The summed E-state index contributed by atoms with van der Waals surface area (Å²) in [5.74, 6) is 0.863. The third-order valence-corrected chi connectivity index (χ3v) is 7.30. The third-order valence-electron chi connectivity index (χ3n) is 7.30. The van der Waals surface area contributed by atoms with Crippen LogP contribution in [0.2, 0.25) is 0 Å². The van der Waals surface area contributed by atoms with E-state index in [4.69, 9.17) is 20.3 Å². The second-order valence-corrected chi connectivity index (χ2v) is 11.6. The van der Waals surface area contributed by atoms with Gasteiger partial charge < -0.3 is 25.4 Å². The fourth-order valence-corrected chi connectivity index (χ4v) is 5.49. The summed E-state index contributed by atoms with van der Waals surface area (Å²) in [5, 5.41) is 8.31. The van der Waals surface area contributed by atoms with E-state index in [1.54, 1.807) is 9.58 Å². The first-order valence-electron chi connectivity index (χ1n) is 13.8. The molecule has 3 aromatic rings. The Labute approximate surface area is 235 Å². The molecule has 2 amide bonds. The second-order valence-electron chi connectivity index (χ2n) is 11.6. The molecule has 1 fully saturated rings. The Morgan fingerprint density at radius 2 is 1.65 bits per heavy atom. The van der Waals surface area contributed by atoms with E-state index in [2.05, 4.69) is 17.1 Å². The average Bonchev–Trinajstić information content (AvgIpc) is 3.30. The number of piperazine rings is 1. The van der Waals surface area contributed by atoms with Crippen molar-refractivity contribution in [2.75, 3.05) is 25.0 Å². The van der Waals surface area contributed by atoms with E-state index in [0.717, 1.165) is 17.9 Å². The molecule has 1 aromatic heterocycles. The van der Waals surface area contributed by atoms with E-state index in [1.807, 2.05) is 82.3 Å². The maximum atomic E-state index is 12.9. The quantitative estimate of drug-likeness (QED) is 0.465. The Morgan fingerprint density at radius 1 is 0.975 bits per heavy atom. The van der Waals surface area contributed by atoms with Crippen molar-refractivity contribution in [1.82, 2.24) is 19.6 Å². The fraction of sp³-hybridized carbons (Fsp3) is 0.433. The maximum absolute atomic E-state index is 12.9. The molecule has 10 nitrogen and oxygen atoms in total. The minimum Gasteiger partial charge on any atom is -0.457 e. The Bertz CT molecular complexity index is 1370. The lowest BCUT2D eigenvalue weighted by atomic mass is 9.97. The predicted octanol–water partition coefficient (Wildman–Crippen LogP) is 4.95. The van der Waals surface area contributed by atoms with Crippen molar-refractivity contribution in [2.24, 2.45) is 5.73 Å². The number of hydrogen-bond donors (Lipinski definition) is 2. The van der Waals surface area contributed by atoms with Gasteiger partial charge in [-0.15, -0.1) is 0 Å². The van der Waals surface area contributed by atoms with Crippen LogP contribution in [0.5, 0.6) is 11.5 Å². The lowest BCUT2D eigenvalue weighted by Crippen LogP contribution is -2.59. The summed E-state index contributed by atoms with van der Waals surface area (Å²) in [4.78, 5) is 29.7. The number of para-hydroxylation sites is 1. The number of anilines is 1. The highest BCUT2D eigenvalue weighted by Crippen LogP contribution is 2.39. The van der Waals surface area contributed by atoms with Crippen LogP contribution in [-0.2, 0) is 4.74 Å². The molecule has 2 aromatic carbocycles. The predicted molar refractivity (Wildman–Crippen MR) is 153 cm³/mol. The summed E-state index contributed by atoms with van der Waals surface area (Å²) in [6.45, 7) is 11.7. The number of amides is 2. The number of ether oxygens (including phenoxy) is 2. The number of nitrogens with zero attached hydrogens (tertiary/aromatic N) is 4. The zero-order chi connectivity index (χ0) is 28.6. The molecule has 0 spiro atoms. The number of fused-ring (bicyclic) bond motifs is 1. The minimum atomic E-state index is -0.553. The van der Waals surface area contributed by atoms with E-state index in [-0.39, 0.29) is 24.2 Å². The number of primary amides is 1. The molecule has 5 rings (SSSR count). The van der Waals surface area contributed by atoms with Crippen molar-refractivity contribution in [3.8, 4) is 17.2 Å². The molecule has 10 heteroatoms. The number of nitrogens with two attached hydrogens (primary N) is 1. The van der Waals surface area contributed by atoms with Gasteiger partial charge in [0.1, 0.15) is 22.8 Å². The van der Waals surface area contributed by atoms with Crippen LogP contribution in [0.3, 0.4) is 0 Å². The van der Waals surface area contributed by atoms with Gasteiger partial charge in [0.15, 0.2) is 5.69 Å². The largest absolute Gasteiger partial charge is 0.457 e. The number of hydrogen-bond acceptors (Lipinski definition) is 7. The molecule has 2 aliphatic rings. The molecule has 212 valence electrons. The molecule has 3 N–H and O–H groups in total. The summed E-state index contributed by atoms with van der Waals surface area (Å²) in [6, 6.07) is 17.0. The van der Waals surface area contributed by atoms with Gasteiger partial charge in [0.2, 0.25) is 0 Å². The topological polar surface area (TPSA) is 115 Å². The molecule has 3 heterocycles. The Hall–Kier alpha value is -4.05. The lowest BCUT2D eigenvalue weighted by molar-refractivity contribution is -0.0216. The highest BCUT2D eigenvalue weighted by molar-refractivity contribution is 5.98. The molecule has 1 saturated heterocycles. The van der Waals surface area contributed by atoms with Gasteiger partial charge >= 0.3 is 6.09 Å². The zero-order valence-corrected chi connectivity index (χ0v) is 23.8. The molecule has 40 heavy (non-hydrogen) atoms. The maximum Gasteiger partial charge on any atom is 0.410 e. The summed E-state index contributed by atoms with van der Waals surface area (Å²) >= 11 is 0. The molecule has 0 radical (unpaired) electrons. The Balaban J connectivity index is 1.41. The van der Waals surface area contributed by atoms with Gasteiger partial charge in [-0.3, -0.25) is 9.69 Å². The van der Waals surface area contributed by atoms with E-state index < -0.39 is 11.5 Å². The highest BCUT2D eigenvalue weighted by Gasteiger charge is 2.41. The fourth-order valence-electron chi connectivity index (χ4n) is 5.49. The average molecular weight is 547 g/mol. The molecular formula is C30H38N6O4. The van der Waals surface area contributed by atoms with Crippen LogP contribution in [0.25, 0.3) is 5.69 Å². The van der Waals surface area contributed by atoms with Gasteiger partial charge in [0.25, 0.3) is 5.91 Å². The SMILES string of the molecule is C[C@@H]1CN(C(=O)OC(C)(C)C)[C@@H](C)CN1C1CCNc2c1nn(-c1ccc(Oc3ccccc3)cc1)c2C(N)=O. The number of carbonyl (C=O) groups excluding carboxylic acids is 2. The van der Waals surface area contributed by atoms with Crippen molar-refractivity contribution < 1.29 is 19.1 Å². The van der Waals surface area contributed by atoms with Gasteiger partial charge in [-0.25, -0.2) is 9.48 Å². The molecule has 0 saturated carbocycles. The van der Waals surface area contributed by atoms with Gasteiger partial charge in [-0.05, 0) is 77.4 Å². The van der Waals surface area contributed by atoms with Crippen LogP contribution >= 0.6 is 0 Å². The minimum absolute atomic E-state index is 0.0328. The van der Waals surface area contributed by atoms with Crippen LogP contribution in [0.1, 0.15) is 63.3 Å². The summed E-state index contributed by atoms with van der Waals surface area (Å²) in [7, 11) is 0. The van der Waals surface area contributed by atoms with Crippen molar-refractivity contribution in [2.45, 2.75) is 64.8 Å². The van der Waals surface area contributed by atoms with E-state index in [9.17, 15) is 9.59 Å². The van der Waals surface area contributed by atoms with Crippen LogP contribution in [0, 0.1) is 0 Å². The molecular weight excluding hydrogens is 508 g/mol. The first-order valence-corrected chi connectivity index (χ1v) is 13.8. The zero-order valence-electron chi connectivity index (χ0n) is 23.8. The molecule has 3 atom stereocenters. The van der Waals surface area contributed by atoms with Crippen molar-refractivity contribution in [1.29, 1.82) is 0 Å². The van der Waals surface area contributed by atoms with Gasteiger partial charge in [0.05, 0.1) is 17.4 Å². The number of aromatic nitrogens is 2. The van der Waals surface area contributed by atoms with E-state index in [1.165, 1.54) is 0 Å². The van der Waals surface area contributed by atoms with E-state index >= 15 is 0 Å². The monoisotopic (exact) mass is 546 g/mol. The number of carbonyl (C=O) groups is 2. The van der Waals surface area contributed by atoms with Crippen molar-refractivity contribution in [3.63, 3.8) is 0 Å². The molecule has 2 aliphatic heterocycles. The Kier molecular flexibility index (Phi) is 7.46. The lowest BCUT2D eigenvalue weighted by Gasteiger charge is -2.47. The third kappa shape index (κ3) is 5.62. The number of nitrogens with one attached hydrogen (secondary N) is 1. The van der Waals surface area contributed by atoms with Gasteiger partial charge in [-0.2, -0.15) is 5.10 Å². The number of rotatable bonds is 5. The van der Waals surface area contributed by atoms with Gasteiger partial charge in [0, 0.05) is 31.7 Å². The second kappa shape index (κ2) is 10.8. The summed E-state index contributed by atoms with van der Waals surface area (Å²) in [6.07, 6.45) is 0.521. The van der Waals surface area contributed by atoms with Crippen LogP contribution in [0.15, 0.2) is 54.6 Å². The smallest absolute Gasteiger partial charge is 0.410 e. The molecule has 0 aliphatic carbocycles. The molecule has 1 unspecified atom stereocenters.